The van der Waals surface area contributed by atoms with E-state index in [2.05, 4.69) is 68.5 Å². The summed E-state index contributed by atoms with van der Waals surface area (Å²) >= 11 is 10.7. The summed E-state index contributed by atoms with van der Waals surface area (Å²) in [6.45, 7) is 5.29. The topological polar surface area (TPSA) is 12.0 Å². The monoisotopic (exact) mass is 393 g/mol. The Bertz CT molecular complexity index is 485. The van der Waals surface area contributed by atoms with Crippen LogP contribution in [0.1, 0.15) is 28.3 Å². The second-order valence-electron chi connectivity index (χ2n) is 3.69. The highest BCUT2D eigenvalue weighted by Gasteiger charge is 2.19. The highest BCUT2D eigenvalue weighted by atomic mass is 79.9. The summed E-state index contributed by atoms with van der Waals surface area (Å²) in [5.74, 6) is 0. The first-order valence-corrected chi connectivity index (χ1v) is 8.63. The largest absolute Gasteiger partial charge is 0.306 e. The molecule has 0 aliphatic carbocycles. The molecule has 0 saturated heterocycles. The molecule has 0 aliphatic heterocycles. The zero-order valence-corrected chi connectivity index (χ0v) is 14.4. The average molecular weight is 395 g/mol. The highest BCUT2D eigenvalue weighted by molar-refractivity contribution is 9.13. The number of rotatable bonds is 4. The lowest BCUT2D eigenvalue weighted by Crippen LogP contribution is -2.21. The molecule has 2 aromatic heterocycles. The van der Waals surface area contributed by atoms with Gasteiger partial charge in [-0.2, -0.15) is 0 Å². The van der Waals surface area contributed by atoms with Crippen LogP contribution in [0.15, 0.2) is 25.8 Å². The third-order valence-electron chi connectivity index (χ3n) is 2.57. The minimum Gasteiger partial charge on any atom is -0.306 e. The zero-order chi connectivity index (χ0) is 12.4. The van der Waals surface area contributed by atoms with Gasteiger partial charge in [0.1, 0.15) is 0 Å². The first-order valence-electron chi connectivity index (χ1n) is 5.35. The number of thiophene rings is 2. The summed E-state index contributed by atoms with van der Waals surface area (Å²) in [7, 11) is 0. The molecule has 1 nitrogen and oxygen atoms in total. The lowest BCUT2D eigenvalue weighted by Gasteiger charge is -2.16. The molecule has 0 saturated carbocycles. The number of hydrogen-bond acceptors (Lipinski definition) is 3. The van der Waals surface area contributed by atoms with Gasteiger partial charge in [0.05, 0.1) is 9.83 Å². The summed E-state index contributed by atoms with van der Waals surface area (Å²) < 4.78 is 2.29. The summed E-state index contributed by atoms with van der Waals surface area (Å²) in [5, 5.41) is 5.72. The van der Waals surface area contributed by atoms with E-state index in [1.54, 1.807) is 22.7 Å². The summed E-state index contributed by atoms with van der Waals surface area (Å²) in [5.41, 5.74) is 1.39. The van der Waals surface area contributed by atoms with Crippen LogP contribution in [0.25, 0.3) is 0 Å². The number of hydrogen-bond donors (Lipinski definition) is 1. The summed E-state index contributed by atoms with van der Waals surface area (Å²) in [6.07, 6.45) is 0. The van der Waals surface area contributed by atoms with E-state index in [9.17, 15) is 0 Å². The zero-order valence-electron chi connectivity index (χ0n) is 9.59. The number of nitrogens with one attached hydrogen (secondary N) is 1. The van der Waals surface area contributed by atoms with Gasteiger partial charge >= 0.3 is 0 Å². The molecule has 2 heterocycles. The van der Waals surface area contributed by atoms with E-state index >= 15 is 0 Å². The van der Waals surface area contributed by atoms with E-state index in [0.29, 0.717) is 6.04 Å². The normalized spacial score (nSPS) is 12.9. The van der Waals surface area contributed by atoms with Crippen molar-refractivity contribution < 1.29 is 0 Å². The SMILES string of the molecule is CCNC(c1cc(Br)c(Br)s1)c1ccsc1C. The maximum Gasteiger partial charge on any atom is 0.0843 e. The molecule has 17 heavy (non-hydrogen) atoms. The lowest BCUT2D eigenvalue weighted by atomic mass is 10.1. The van der Waals surface area contributed by atoms with E-state index in [1.165, 1.54) is 15.3 Å². The molecular formula is C12H13Br2NS2. The molecule has 0 spiro atoms. The van der Waals surface area contributed by atoms with Crippen LogP contribution in [0.3, 0.4) is 0 Å². The van der Waals surface area contributed by atoms with Gasteiger partial charge < -0.3 is 5.32 Å². The molecule has 2 rings (SSSR count). The van der Waals surface area contributed by atoms with E-state index in [-0.39, 0.29) is 0 Å². The van der Waals surface area contributed by atoms with E-state index in [4.69, 9.17) is 0 Å². The standard InChI is InChI=1S/C12H13Br2NS2/c1-3-15-11(8-4-5-16-7(8)2)10-6-9(13)12(14)17-10/h4-6,11,15H,3H2,1-2H3. The van der Waals surface area contributed by atoms with Gasteiger partial charge in [0.25, 0.3) is 0 Å². The minimum absolute atomic E-state index is 0.304. The van der Waals surface area contributed by atoms with Crippen molar-refractivity contribution in [2.75, 3.05) is 6.54 Å². The molecule has 1 unspecified atom stereocenters. The Labute approximate surface area is 127 Å². The van der Waals surface area contributed by atoms with Crippen LogP contribution < -0.4 is 5.32 Å². The molecule has 1 atom stereocenters. The first kappa shape index (κ1) is 13.7. The molecule has 92 valence electrons. The first-order chi connectivity index (χ1) is 8.13. The Hall–Kier alpha value is 0.320. The molecule has 0 radical (unpaired) electrons. The van der Waals surface area contributed by atoms with Gasteiger partial charge in [-0.3, -0.25) is 0 Å². The maximum atomic E-state index is 3.56. The number of aryl methyl sites for hydroxylation is 1. The van der Waals surface area contributed by atoms with Gasteiger partial charge in [0.15, 0.2) is 0 Å². The number of halogens is 2. The van der Waals surface area contributed by atoms with Crippen LogP contribution in [0.5, 0.6) is 0 Å². The molecule has 0 bridgehead atoms. The summed E-state index contributed by atoms with van der Waals surface area (Å²) in [6, 6.07) is 4.72. The Morgan fingerprint density at radius 1 is 1.41 bits per heavy atom. The molecule has 2 aromatic rings. The van der Waals surface area contributed by atoms with Gasteiger partial charge in [-0.15, -0.1) is 22.7 Å². The summed E-state index contributed by atoms with van der Waals surface area (Å²) in [4.78, 5) is 2.73. The second-order valence-corrected chi connectivity index (χ2v) is 8.07. The molecule has 0 fully saturated rings. The fourth-order valence-electron chi connectivity index (χ4n) is 1.77. The van der Waals surface area contributed by atoms with Crippen molar-refractivity contribution in [1.82, 2.24) is 5.32 Å². The van der Waals surface area contributed by atoms with Gasteiger partial charge in [-0.05, 0) is 68.4 Å². The minimum atomic E-state index is 0.304. The van der Waals surface area contributed by atoms with Gasteiger partial charge in [0, 0.05) is 14.2 Å². The molecule has 5 heteroatoms. The van der Waals surface area contributed by atoms with Crippen molar-refractivity contribution in [1.29, 1.82) is 0 Å². The third-order valence-corrected chi connectivity index (χ3v) is 6.75. The highest BCUT2D eigenvalue weighted by Crippen LogP contribution is 2.38. The van der Waals surface area contributed by atoms with Crippen LogP contribution in [0, 0.1) is 6.92 Å². The Morgan fingerprint density at radius 3 is 2.65 bits per heavy atom. The van der Waals surface area contributed by atoms with Crippen molar-refractivity contribution in [3.63, 3.8) is 0 Å². The molecule has 0 amide bonds. The predicted molar refractivity (Wildman–Crippen MR) is 84.3 cm³/mol. The van der Waals surface area contributed by atoms with Gasteiger partial charge in [-0.25, -0.2) is 0 Å². The van der Waals surface area contributed by atoms with Crippen LogP contribution >= 0.6 is 54.5 Å². The second kappa shape index (κ2) is 5.97. The quantitative estimate of drug-likeness (QED) is 0.737. The third kappa shape index (κ3) is 3.01. The van der Waals surface area contributed by atoms with Crippen molar-refractivity contribution >= 4 is 54.5 Å². The van der Waals surface area contributed by atoms with Crippen molar-refractivity contribution in [3.8, 4) is 0 Å². The Kier molecular flexibility index (Phi) is 4.83. The fourth-order valence-corrected chi connectivity index (χ4v) is 4.69. The average Bonchev–Trinajstić information content (AvgIpc) is 2.83. The predicted octanol–water partition coefficient (Wildman–Crippen LogP) is 5.34. The van der Waals surface area contributed by atoms with Crippen LogP contribution in [0.4, 0.5) is 0 Å². The smallest absolute Gasteiger partial charge is 0.0843 e. The van der Waals surface area contributed by atoms with E-state index < -0.39 is 0 Å². The van der Waals surface area contributed by atoms with Gasteiger partial charge in [-0.1, -0.05) is 6.92 Å². The lowest BCUT2D eigenvalue weighted by molar-refractivity contribution is 0.639. The Morgan fingerprint density at radius 2 is 2.18 bits per heavy atom. The van der Waals surface area contributed by atoms with Crippen molar-refractivity contribution in [2.45, 2.75) is 19.9 Å². The van der Waals surface area contributed by atoms with E-state index in [0.717, 1.165) is 14.8 Å². The molecule has 1 N–H and O–H groups in total. The van der Waals surface area contributed by atoms with Crippen molar-refractivity contribution in [2.24, 2.45) is 0 Å². The fraction of sp³-hybridized carbons (Fsp3) is 0.333. The molecule has 0 aliphatic rings. The van der Waals surface area contributed by atoms with Gasteiger partial charge in [0.2, 0.25) is 0 Å². The molecule has 0 aromatic carbocycles. The molecular weight excluding hydrogens is 382 g/mol. The van der Waals surface area contributed by atoms with Crippen molar-refractivity contribution in [3.05, 3.63) is 41.1 Å². The Balaban J connectivity index is 2.39. The van der Waals surface area contributed by atoms with E-state index in [1.807, 2.05) is 0 Å². The maximum absolute atomic E-state index is 3.56. The van der Waals surface area contributed by atoms with Crippen LogP contribution in [-0.2, 0) is 0 Å². The van der Waals surface area contributed by atoms with Crippen LogP contribution in [-0.4, -0.2) is 6.54 Å². The van der Waals surface area contributed by atoms with Crippen LogP contribution in [0.2, 0.25) is 0 Å².